The molecule has 3 aromatic rings. The normalized spacial score (nSPS) is 10.8. The number of nitrogens with zero attached hydrogens (tertiary/aromatic N) is 4. The fraction of sp³-hybridized carbons (Fsp3) is 0.0667. The number of tetrazole rings is 1. The molecule has 0 amide bonds. The molecule has 0 radical (unpaired) electrons. The summed E-state index contributed by atoms with van der Waals surface area (Å²) < 4.78 is 1.49. The van der Waals surface area contributed by atoms with Gasteiger partial charge in [-0.2, -0.15) is 4.68 Å². The van der Waals surface area contributed by atoms with Crippen molar-refractivity contribution in [1.82, 2.24) is 20.2 Å². The molecule has 0 aliphatic heterocycles. The average Bonchev–Trinajstić information content (AvgIpc) is 3.04. The topological polar surface area (TPSA) is 80.9 Å². The van der Waals surface area contributed by atoms with E-state index in [-0.39, 0.29) is 17.3 Å². The highest BCUT2D eigenvalue weighted by molar-refractivity contribution is 7.99. The van der Waals surface area contributed by atoms with E-state index in [1.54, 1.807) is 24.3 Å². The third-order valence-electron chi connectivity index (χ3n) is 3.11. The lowest BCUT2D eigenvalue weighted by molar-refractivity contribution is 0.102. The van der Waals surface area contributed by atoms with Crippen molar-refractivity contribution in [3.05, 3.63) is 58.1 Å². The summed E-state index contributed by atoms with van der Waals surface area (Å²) in [5.41, 5.74) is 1.16. The Hall–Kier alpha value is -2.09. The number of benzene rings is 2. The summed E-state index contributed by atoms with van der Waals surface area (Å²) in [7, 11) is 0. The lowest BCUT2D eigenvalue weighted by Gasteiger charge is -2.05. The molecule has 0 aliphatic carbocycles. The number of aromatic nitrogens is 4. The number of Topliss-reactive ketones (excluding diaryl/α,β-unsaturated/α-hetero) is 1. The second kappa shape index (κ2) is 7.21. The Morgan fingerprint density at radius 2 is 1.88 bits per heavy atom. The number of hydrogen-bond donors (Lipinski definition) is 1. The van der Waals surface area contributed by atoms with Gasteiger partial charge in [-0.25, -0.2) is 0 Å². The van der Waals surface area contributed by atoms with Crippen molar-refractivity contribution in [2.75, 3.05) is 5.75 Å². The second-order valence-corrected chi connectivity index (χ2v) is 6.49. The first-order valence-corrected chi connectivity index (χ1v) is 8.47. The van der Waals surface area contributed by atoms with E-state index in [1.165, 1.54) is 34.6 Å². The van der Waals surface area contributed by atoms with Crippen molar-refractivity contribution in [3.8, 4) is 11.4 Å². The van der Waals surface area contributed by atoms with Crippen LogP contribution in [0.2, 0.25) is 10.0 Å². The first kappa shape index (κ1) is 16.8. The minimum atomic E-state index is -0.112. The molecule has 0 saturated heterocycles. The minimum absolute atomic E-state index is 0.112. The van der Waals surface area contributed by atoms with Crippen molar-refractivity contribution in [2.45, 2.75) is 5.16 Å². The summed E-state index contributed by atoms with van der Waals surface area (Å²) in [6.45, 7) is 0. The molecule has 0 aliphatic rings. The third-order valence-corrected chi connectivity index (χ3v) is 4.77. The highest BCUT2D eigenvalue weighted by Gasteiger charge is 2.13. The van der Waals surface area contributed by atoms with E-state index in [9.17, 15) is 9.90 Å². The van der Waals surface area contributed by atoms with Gasteiger partial charge in [0.2, 0.25) is 5.16 Å². The van der Waals surface area contributed by atoms with Gasteiger partial charge in [0.25, 0.3) is 0 Å². The van der Waals surface area contributed by atoms with Gasteiger partial charge in [0, 0.05) is 5.56 Å². The number of halogens is 2. The van der Waals surface area contributed by atoms with E-state index >= 15 is 0 Å². The molecule has 0 saturated carbocycles. The maximum absolute atomic E-state index is 12.3. The number of rotatable bonds is 5. The quantitative estimate of drug-likeness (QED) is 0.537. The van der Waals surface area contributed by atoms with Gasteiger partial charge < -0.3 is 5.11 Å². The van der Waals surface area contributed by atoms with E-state index in [4.69, 9.17) is 23.2 Å². The molecule has 122 valence electrons. The lowest BCUT2D eigenvalue weighted by Crippen LogP contribution is -2.05. The molecular weight excluding hydrogens is 371 g/mol. The van der Waals surface area contributed by atoms with Crippen LogP contribution >= 0.6 is 35.0 Å². The number of aromatic hydroxyl groups is 1. The Bertz CT molecular complexity index is 883. The summed E-state index contributed by atoms with van der Waals surface area (Å²) in [6, 6.07) is 11.2. The molecule has 1 aromatic heterocycles. The molecule has 0 unspecified atom stereocenters. The molecule has 0 atom stereocenters. The van der Waals surface area contributed by atoms with Crippen LogP contribution in [0.4, 0.5) is 0 Å². The van der Waals surface area contributed by atoms with E-state index in [0.717, 1.165) is 0 Å². The van der Waals surface area contributed by atoms with Gasteiger partial charge >= 0.3 is 0 Å². The highest BCUT2D eigenvalue weighted by atomic mass is 35.5. The number of hydrogen-bond acceptors (Lipinski definition) is 6. The molecule has 9 heteroatoms. The van der Waals surface area contributed by atoms with Crippen LogP contribution in [0.25, 0.3) is 5.69 Å². The fourth-order valence-corrected chi connectivity index (χ4v) is 2.99. The largest absolute Gasteiger partial charge is 0.508 e. The van der Waals surface area contributed by atoms with Crippen LogP contribution < -0.4 is 0 Å². The Kier molecular flexibility index (Phi) is 5.03. The number of carbonyl (C=O) groups is 1. The van der Waals surface area contributed by atoms with Crippen LogP contribution in [0.5, 0.6) is 5.75 Å². The number of carbonyl (C=O) groups excluding carboxylic acids is 1. The molecule has 2 aromatic carbocycles. The standard InChI is InChI=1S/C15H10Cl2N4O2S/c16-12-6-1-9(7-13(12)17)14(23)8-24-15-18-19-20-21(15)10-2-4-11(22)5-3-10/h1-7,22H,8H2. The van der Waals surface area contributed by atoms with Gasteiger partial charge in [0.05, 0.1) is 21.5 Å². The van der Waals surface area contributed by atoms with Crippen LogP contribution in [0.1, 0.15) is 10.4 Å². The predicted octanol–water partition coefficient (Wildman–Crippen LogP) is 3.65. The number of ketones is 1. The maximum atomic E-state index is 12.3. The smallest absolute Gasteiger partial charge is 0.214 e. The Balaban J connectivity index is 1.73. The Morgan fingerprint density at radius 3 is 2.58 bits per heavy atom. The minimum Gasteiger partial charge on any atom is -0.508 e. The van der Waals surface area contributed by atoms with Crippen molar-refractivity contribution in [2.24, 2.45) is 0 Å². The first-order valence-electron chi connectivity index (χ1n) is 6.73. The van der Waals surface area contributed by atoms with Crippen LogP contribution in [0.15, 0.2) is 47.6 Å². The maximum Gasteiger partial charge on any atom is 0.214 e. The zero-order valence-corrected chi connectivity index (χ0v) is 14.4. The number of phenolic OH excluding ortho intramolecular Hbond substituents is 1. The van der Waals surface area contributed by atoms with Gasteiger partial charge in [-0.15, -0.1) is 5.10 Å². The molecule has 6 nitrogen and oxygen atoms in total. The van der Waals surface area contributed by atoms with Crippen molar-refractivity contribution in [1.29, 1.82) is 0 Å². The summed E-state index contributed by atoms with van der Waals surface area (Å²) >= 11 is 13.0. The van der Waals surface area contributed by atoms with Crippen molar-refractivity contribution in [3.63, 3.8) is 0 Å². The first-order chi connectivity index (χ1) is 11.5. The molecule has 24 heavy (non-hydrogen) atoms. The highest BCUT2D eigenvalue weighted by Crippen LogP contribution is 2.25. The van der Waals surface area contributed by atoms with Gasteiger partial charge in [-0.05, 0) is 52.9 Å². The van der Waals surface area contributed by atoms with E-state index in [1.807, 2.05) is 0 Å². The van der Waals surface area contributed by atoms with Crippen LogP contribution in [0, 0.1) is 0 Å². The molecule has 0 bridgehead atoms. The van der Waals surface area contributed by atoms with Crippen molar-refractivity contribution >= 4 is 40.7 Å². The van der Waals surface area contributed by atoms with Gasteiger partial charge in [-0.3, -0.25) is 4.79 Å². The Morgan fingerprint density at radius 1 is 1.12 bits per heavy atom. The fourth-order valence-electron chi connectivity index (χ4n) is 1.91. The zero-order valence-electron chi connectivity index (χ0n) is 12.1. The Labute approximate surface area is 151 Å². The van der Waals surface area contributed by atoms with E-state index in [0.29, 0.717) is 26.5 Å². The van der Waals surface area contributed by atoms with Crippen LogP contribution in [-0.4, -0.2) is 36.8 Å². The lowest BCUT2D eigenvalue weighted by atomic mass is 10.1. The van der Waals surface area contributed by atoms with Gasteiger partial charge in [0.15, 0.2) is 5.78 Å². The van der Waals surface area contributed by atoms with Gasteiger partial charge in [0.1, 0.15) is 5.75 Å². The monoisotopic (exact) mass is 380 g/mol. The molecule has 1 N–H and O–H groups in total. The van der Waals surface area contributed by atoms with Crippen LogP contribution in [0.3, 0.4) is 0 Å². The van der Waals surface area contributed by atoms with E-state index < -0.39 is 0 Å². The SMILES string of the molecule is O=C(CSc1nnnn1-c1ccc(O)cc1)c1ccc(Cl)c(Cl)c1. The zero-order chi connectivity index (χ0) is 17.1. The summed E-state index contributed by atoms with van der Waals surface area (Å²) in [5.74, 6) is 0.186. The second-order valence-electron chi connectivity index (χ2n) is 4.73. The average molecular weight is 381 g/mol. The van der Waals surface area contributed by atoms with Crippen LogP contribution in [-0.2, 0) is 0 Å². The van der Waals surface area contributed by atoms with E-state index in [2.05, 4.69) is 15.5 Å². The summed E-state index contributed by atoms with van der Waals surface area (Å²) in [6.07, 6.45) is 0. The van der Waals surface area contributed by atoms with Crippen molar-refractivity contribution < 1.29 is 9.90 Å². The van der Waals surface area contributed by atoms with Gasteiger partial charge in [-0.1, -0.05) is 35.0 Å². The molecule has 3 rings (SSSR count). The third kappa shape index (κ3) is 3.69. The summed E-state index contributed by atoms with van der Waals surface area (Å²) in [5, 5.41) is 22.0. The molecule has 0 fully saturated rings. The molecule has 0 spiro atoms. The summed E-state index contributed by atoms with van der Waals surface area (Å²) in [4.78, 5) is 12.3. The molecular formula is C15H10Cl2N4O2S. The number of thioether (sulfide) groups is 1. The number of phenols is 1. The predicted molar refractivity (Wildman–Crippen MR) is 92.3 cm³/mol. The molecule has 1 heterocycles.